The predicted octanol–water partition coefficient (Wildman–Crippen LogP) is 2.36. The van der Waals surface area contributed by atoms with Crippen LogP contribution in [-0.2, 0) is 22.9 Å². The van der Waals surface area contributed by atoms with Crippen LogP contribution in [0, 0.1) is 0 Å². The largest absolute Gasteiger partial charge is 0.348 e. The zero-order valence-electron chi connectivity index (χ0n) is 16.7. The molecule has 2 aromatic carbocycles. The van der Waals surface area contributed by atoms with Gasteiger partial charge in [0.05, 0.1) is 4.90 Å². The molecular weight excluding hydrogens is 412 g/mol. The molecule has 9 heteroatoms. The van der Waals surface area contributed by atoms with E-state index in [4.69, 9.17) is 0 Å². The molecule has 1 aliphatic rings. The highest BCUT2D eigenvalue weighted by Gasteiger charge is 2.26. The number of nitrogens with one attached hydrogen (secondary N) is 1. The molecule has 1 saturated heterocycles. The molecule has 1 aliphatic heterocycles. The quantitative estimate of drug-likeness (QED) is 0.720. The van der Waals surface area contributed by atoms with Crippen LogP contribution in [-0.4, -0.2) is 63.1 Å². The summed E-state index contributed by atoms with van der Waals surface area (Å²) in [4.78, 5) is 16.5. The molecule has 1 amide bonds. The number of nitrogens with zero attached hydrogens (tertiary/aromatic N) is 2. The molecule has 0 radical (unpaired) electrons. The number of carbonyl (C=O) groups is 1. The summed E-state index contributed by atoms with van der Waals surface area (Å²) in [5.41, 5.74) is 2.33. The van der Waals surface area contributed by atoms with E-state index in [0.29, 0.717) is 6.54 Å². The number of likely N-dealkylation sites (N-methyl/N-ethyl adjacent to an activating group) is 1. The number of sulfone groups is 1. The van der Waals surface area contributed by atoms with Gasteiger partial charge in [-0.3, -0.25) is 9.69 Å². The van der Waals surface area contributed by atoms with Crippen LogP contribution in [0.1, 0.15) is 21.5 Å². The van der Waals surface area contributed by atoms with Crippen molar-refractivity contribution in [1.82, 2.24) is 15.1 Å². The third kappa shape index (κ3) is 5.62. The van der Waals surface area contributed by atoms with Crippen molar-refractivity contribution < 1.29 is 22.0 Å². The van der Waals surface area contributed by atoms with Gasteiger partial charge in [-0.25, -0.2) is 8.42 Å². The molecule has 0 unspecified atom stereocenters. The molecule has 3 rings (SSSR count). The Hall–Kier alpha value is -2.36. The molecule has 6 nitrogen and oxygen atoms in total. The van der Waals surface area contributed by atoms with Crippen LogP contribution in [0.25, 0.3) is 0 Å². The molecule has 0 atom stereocenters. The van der Waals surface area contributed by atoms with E-state index in [-0.39, 0.29) is 5.56 Å². The summed E-state index contributed by atoms with van der Waals surface area (Å²) >= 11 is 0. The molecule has 0 saturated carbocycles. The number of hydrogen-bond acceptors (Lipinski definition) is 5. The van der Waals surface area contributed by atoms with Crippen molar-refractivity contribution in [3.8, 4) is 0 Å². The summed E-state index contributed by atoms with van der Waals surface area (Å²) in [7, 11) is -2.55. The molecule has 0 aromatic heterocycles. The minimum Gasteiger partial charge on any atom is -0.348 e. The van der Waals surface area contributed by atoms with E-state index >= 15 is 0 Å². The Morgan fingerprint density at radius 3 is 2.30 bits per heavy atom. The van der Waals surface area contributed by atoms with Gasteiger partial charge in [-0.05, 0) is 42.4 Å². The second-order valence-corrected chi connectivity index (χ2v) is 9.33. The number of hydrogen-bond donors (Lipinski definition) is 1. The number of carbonyl (C=O) groups excluding carboxylic acids is 1. The minimum atomic E-state index is -4.67. The lowest BCUT2D eigenvalue weighted by atomic mass is 10.1. The van der Waals surface area contributed by atoms with Gasteiger partial charge in [0.15, 0.2) is 0 Å². The number of amides is 1. The second kappa shape index (κ2) is 9.63. The topological polar surface area (TPSA) is 69.7 Å². The fourth-order valence-electron chi connectivity index (χ4n) is 3.29. The summed E-state index contributed by atoms with van der Waals surface area (Å²) in [6.07, 6.45) is 0. The lowest BCUT2D eigenvalue weighted by molar-refractivity contribution is 0.0950. The van der Waals surface area contributed by atoms with Crippen LogP contribution in [0.15, 0.2) is 53.4 Å². The van der Waals surface area contributed by atoms with Crippen molar-refractivity contribution in [2.24, 2.45) is 0 Å². The molecule has 30 heavy (non-hydrogen) atoms. The van der Waals surface area contributed by atoms with Gasteiger partial charge in [0.1, 0.15) is 0 Å². The van der Waals surface area contributed by atoms with Crippen LogP contribution in [0.2, 0.25) is 0 Å². The molecule has 2 aromatic rings. The van der Waals surface area contributed by atoms with Crippen molar-refractivity contribution >= 4 is 15.7 Å². The summed E-state index contributed by atoms with van der Waals surface area (Å²) < 4.78 is 48.1. The Balaban J connectivity index is 1.57. The number of rotatable bonds is 7. The first-order valence-corrected chi connectivity index (χ1v) is 11.2. The first kappa shape index (κ1) is 22.3. The maximum absolute atomic E-state index is 12.6. The molecule has 1 heterocycles. The van der Waals surface area contributed by atoms with Crippen molar-refractivity contribution in [3.05, 3.63) is 65.2 Å². The van der Waals surface area contributed by atoms with E-state index in [9.17, 15) is 22.0 Å². The molecule has 0 aliphatic carbocycles. The van der Waals surface area contributed by atoms with Gasteiger partial charge < -0.3 is 10.2 Å². The second-order valence-electron chi connectivity index (χ2n) is 7.41. The Labute approximate surface area is 175 Å². The summed E-state index contributed by atoms with van der Waals surface area (Å²) in [5, 5.41) is 2.78. The van der Waals surface area contributed by atoms with E-state index in [1.165, 1.54) is 17.7 Å². The van der Waals surface area contributed by atoms with Gasteiger partial charge in [0, 0.05) is 44.8 Å². The first-order chi connectivity index (χ1) is 14.3. The van der Waals surface area contributed by atoms with Crippen molar-refractivity contribution in [3.63, 3.8) is 0 Å². The van der Waals surface area contributed by atoms with E-state index in [1.807, 2.05) is 12.1 Å². The molecule has 1 N–H and O–H groups in total. The van der Waals surface area contributed by atoms with E-state index in [0.717, 1.165) is 50.4 Å². The number of halogens is 2. The Bertz CT molecular complexity index is 973. The molecule has 1 fully saturated rings. The minimum absolute atomic E-state index is 0.205. The van der Waals surface area contributed by atoms with Crippen LogP contribution < -0.4 is 5.32 Å². The average Bonchev–Trinajstić information content (AvgIpc) is 2.74. The molecular formula is C21H25F2N3O3S. The van der Waals surface area contributed by atoms with Crippen LogP contribution in [0.5, 0.6) is 0 Å². The lowest BCUT2D eigenvalue weighted by Crippen LogP contribution is -2.43. The zero-order chi connectivity index (χ0) is 21.7. The third-order valence-corrected chi connectivity index (χ3v) is 6.52. The molecule has 0 spiro atoms. The van der Waals surface area contributed by atoms with Crippen molar-refractivity contribution in [2.45, 2.75) is 23.7 Å². The molecule has 162 valence electrons. The Morgan fingerprint density at radius 1 is 1.03 bits per heavy atom. The normalized spacial score (nSPS) is 16.0. The number of alkyl halides is 2. The standard InChI is InChI=1S/C21H25F2N3O3S/c1-25-9-11-26(12-10-25)15-17-4-2-3-16(13-17)14-24-20(27)18-5-7-19(8-6-18)30(28,29)21(22)23/h2-8,13,21H,9-12,14-15H2,1H3,(H,24,27). The van der Waals surface area contributed by atoms with Crippen LogP contribution in [0.3, 0.4) is 0 Å². The van der Waals surface area contributed by atoms with Gasteiger partial charge in [0.2, 0.25) is 9.84 Å². The fraction of sp³-hybridized carbons (Fsp3) is 0.381. The summed E-state index contributed by atoms with van der Waals surface area (Å²) in [6, 6.07) is 12.5. The van der Waals surface area contributed by atoms with Crippen LogP contribution >= 0.6 is 0 Å². The summed E-state index contributed by atoms with van der Waals surface area (Å²) in [5.74, 6) is -3.89. The van der Waals surface area contributed by atoms with Gasteiger partial charge in [-0.2, -0.15) is 8.78 Å². The van der Waals surface area contributed by atoms with Gasteiger partial charge in [-0.1, -0.05) is 24.3 Å². The van der Waals surface area contributed by atoms with E-state index in [1.54, 1.807) is 0 Å². The highest BCUT2D eigenvalue weighted by molar-refractivity contribution is 7.91. The van der Waals surface area contributed by atoms with Crippen LogP contribution in [0.4, 0.5) is 8.78 Å². The average molecular weight is 438 g/mol. The number of benzene rings is 2. The highest BCUT2D eigenvalue weighted by Crippen LogP contribution is 2.18. The highest BCUT2D eigenvalue weighted by atomic mass is 32.2. The zero-order valence-corrected chi connectivity index (χ0v) is 17.5. The number of piperazine rings is 1. The summed E-state index contributed by atoms with van der Waals surface area (Å²) in [6.45, 7) is 5.31. The first-order valence-electron chi connectivity index (χ1n) is 9.65. The maximum Gasteiger partial charge on any atom is 0.341 e. The third-order valence-electron chi connectivity index (χ3n) is 5.13. The van der Waals surface area contributed by atoms with Gasteiger partial charge >= 0.3 is 5.76 Å². The maximum atomic E-state index is 12.6. The SMILES string of the molecule is CN1CCN(Cc2cccc(CNC(=O)c3ccc(S(=O)(=O)C(F)F)cc3)c2)CC1. The Morgan fingerprint density at radius 2 is 1.67 bits per heavy atom. The fourth-order valence-corrected chi connectivity index (χ4v) is 4.01. The van der Waals surface area contributed by atoms with Crippen molar-refractivity contribution in [2.75, 3.05) is 33.2 Å². The lowest BCUT2D eigenvalue weighted by Gasteiger charge is -2.32. The molecule has 0 bridgehead atoms. The smallest absolute Gasteiger partial charge is 0.341 e. The van der Waals surface area contributed by atoms with Gasteiger partial charge in [-0.15, -0.1) is 0 Å². The predicted molar refractivity (Wildman–Crippen MR) is 110 cm³/mol. The van der Waals surface area contributed by atoms with E-state index < -0.39 is 26.4 Å². The van der Waals surface area contributed by atoms with Crippen molar-refractivity contribution in [1.29, 1.82) is 0 Å². The van der Waals surface area contributed by atoms with Gasteiger partial charge in [0.25, 0.3) is 5.91 Å². The van der Waals surface area contributed by atoms with E-state index in [2.05, 4.69) is 34.3 Å². The monoisotopic (exact) mass is 437 g/mol. The Kier molecular flexibility index (Phi) is 7.17.